The highest BCUT2D eigenvalue weighted by molar-refractivity contribution is 7.89. The van der Waals surface area contributed by atoms with Crippen LogP contribution in [0.1, 0.15) is 35.6 Å². The number of ether oxygens (including phenoxy) is 1. The molecule has 0 amide bonds. The van der Waals surface area contributed by atoms with Crippen LogP contribution in [0.15, 0.2) is 86.9 Å². The van der Waals surface area contributed by atoms with Gasteiger partial charge < -0.3 is 9.15 Å². The van der Waals surface area contributed by atoms with Gasteiger partial charge in [0.05, 0.1) is 10.3 Å². The lowest BCUT2D eigenvalue weighted by Crippen LogP contribution is -2.44. The van der Waals surface area contributed by atoms with E-state index in [-0.39, 0.29) is 17.1 Å². The zero-order valence-corrected chi connectivity index (χ0v) is 21.8. The first-order valence-corrected chi connectivity index (χ1v) is 13.6. The molecule has 0 aliphatic heterocycles. The van der Waals surface area contributed by atoms with Crippen LogP contribution in [0.25, 0.3) is 11.0 Å². The smallest absolute Gasteiger partial charge is 0.336 e. The zero-order chi connectivity index (χ0) is 26.6. The second kappa shape index (κ2) is 11.1. The Morgan fingerprint density at radius 2 is 1.68 bits per heavy atom. The molecule has 1 unspecified atom stereocenters. The van der Waals surface area contributed by atoms with Gasteiger partial charge in [0, 0.05) is 6.07 Å². The van der Waals surface area contributed by atoms with Gasteiger partial charge in [0.2, 0.25) is 10.0 Å². The average molecular weight is 520 g/mol. The summed E-state index contributed by atoms with van der Waals surface area (Å²) in [6.45, 7) is 5.64. The molecule has 192 valence electrons. The maximum atomic E-state index is 13.5. The number of hydrogen-bond acceptors (Lipinski definition) is 6. The highest BCUT2D eigenvalue weighted by Gasteiger charge is 2.29. The fourth-order valence-corrected chi connectivity index (χ4v) is 5.38. The molecule has 1 heterocycles. The fraction of sp³-hybridized carbons (Fsp3) is 0.241. The molecule has 7 nitrogen and oxygen atoms in total. The van der Waals surface area contributed by atoms with Crippen molar-refractivity contribution in [3.63, 3.8) is 0 Å². The summed E-state index contributed by atoms with van der Waals surface area (Å²) in [6.07, 6.45) is 1.45. The number of rotatable bonds is 9. The number of fused-ring (bicyclic) bond motifs is 1. The largest absolute Gasteiger partial charge is 0.425 e. The SMILES string of the molecule is CCCc1cc(=O)oc2cc(C)cc(OC(=O)C(Cc3ccccc3)NS(=O)(=O)c3ccc(C)cc3)c12. The van der Waals surface area contributed by atoms with Crippen LogP contribution in [0.2, 0.25) is 0 Å². The van der Waals surface area contributed by atoms with Gasteiger partial charge in [0.1, 0.15) is 17.4 Å². The van der Waals surface area contributed by atoms with E-state index in [2.05, 4.69) is 4.72 Å². The molecule has 4 aromatic rings. The fourth-order valence-electron chi connectivity index (χ4n) is 4.19. The van der Waals surface area contributed by atoms with Crippen molar-refractivity contribution in [2.75, 3.05) is 0 Å². The number of benzene rings is 3. The molecule has 0 spiro atoms. The number of carbonyl (C=O) groups is 1. The van der Waals surface area contributed by atoms with Gasteiger partial charge in [-0.15, -0.1) is 0 Å². The highest BCUT2D eigenvalue weighted by Crippen LogP contribution is 2.31. The maximum absolute atomic E-state index is 13.5. The van der Waals surface area contributed by atoms with Crippen molar-refractivity contribution < 1.29 is 22.4 Å². The topological polar surface area (TPSA) is 103 Å². The third kappa shape index (κ3) is 6.34. The van der Waals surface area contributed by atoms with Crippen LogP contribution in [0.4, 0.5) is 0 Å². The van der Waals surface area contributed by atoms with Gasteiger partial charge in [0.25, 0.3) is 0 Å². The van der Waals surface area contributed by atoms with Crippen LogP contribution in [0, 0.1) is 13.8 Å². The molecule has 1 aromatic heterocycles. The van der Waals surface area contributed by atoms with Gasteiger partial charge >= 0.3 is 11.6 Å². The number of carbonyl (C=O) groups excluding carboxylic acids is 1. The lowest BCUT2D eigenvalue weighted by molar-refractivity contribution is -0.136. The molecule has 3 aromatic carbocycles. The standard InChI is InChI=1S/C29H29NO6S/c1-4-8-22-18-27(31)35-25-15-20(3)16-26(28(22)25)36-29(32)24(17-21-9-6-5-7-10-21)30-37(33,34)23-13-11-19(2)12-14-23/h5-7,9-16,18,24,30H,4,8,17H2,1-3H3. The molecule has 8 heteroatoms. The quantitative estimate of drug-likeness (QED) is 0.193. The predicted molar refractivity (Wildman–Crippen MR) is 142 cm³/mol. The van der Waals surface area contributed by atoms with Crippen LogP contribution in [-0.2, 0) is 27.7 Å². The summed E-state index contributed by atoms with van der Waals surface area (Å²) < 4.78 is 40.1. The third-order valence-electron chi connectivity index (χ3n) is 5.96. The molecule has 4 rings (SSSR count). The highest BCUT2D eigenvalue weighted by atomic mass is 32.2. The van der Waals surface area contributed by atoms with Crippen molar-refractivity contribution in [2.45, 2.75) is 51.0 Å². The molecule has 1 N–H and O–H groups in total. The maximum Gasteiger partial charge on any atom is 0.336 e. The molecular formula is C29H29NO6S. The summed E-state index contributed by atoms with van der Waals surface area (Å²) in [4.78, 5) is 25.7. The van der Waals surface area contributed by atoms with Gasteiger partial charge in [-0.2, -0.15) is 4.72 Å². The lowest BCUT2D eigenvalue weighted by Gasteiger charge is -2.19. The Morgan fingerprint density at radius 3 is 2.35 bits per heavy atom. The summed E-state index contributed by atoms with van der Waals surface area (Å²) in [5, 5.41) is 0.528. The van der Waals surface area contributed by atoms with E-state index in [1.807, 2.05) is 44.2 Å². The molecule has 0 bridgehead atoms. The summed E-state index contributed by atoms with van der Waals surface area (Å²) in [5.74, 6) is -0.542. The van der Waals surface area contributed by atoms with Crippen LogP contribution >= 0.6 is 0 Å². The van der Waals surface area contributed by atoms with Crippen molar-refractivity contribution in [2.24, 2.45) is 0 Å². The monoisotopic (exact) mass is 519 g/mol. The van der Waals surface area contributed by atoms with E-state index in [1.54, 1.807) is 31.2 Å². The Balaban J connectivity index is 1.73. The molecule has 0 aliphatic rings. The molecular weight excluding hydrogens is 490 g/mol. The van der Waals surface area contributed by atoms with E-state index in [9.17, 15) is 18.0 Å². The van der Waals surface area contributed by atoms with E-state index in [0.29, 0.717) is 23.0 Å². The van der Waals surface area contributed by atoms with Gasteiger partial charge in [-0.1, -0.05) is 61.4 Å². The van der Waals surface area contributed by atoms with Crippen molar-refractivity contribution in [1.82, 2.24) is 4.72 Å². The Labute approximate surface area is 216 Å². The van der Waals surface area contributed by atoms with Crippen LogP contribution in [-0.4, -0.2) is 20.4 Å². The Hall–Kier alpha value is -3.75. The second-order valence-corrected chi connectivity index (χ2v) is 10.8. The molecule has 0 aliphatic carbocycles. The molecule has 0 saturated carbocycles. The molecule has 37 heavy (non-hydrogen) atoms. The first kappa shape index (κ1) is 26.3. The Bertz CT molecular complexity index is 1580. The van der Waals surface area contributed by atoms with Crippen LogP contribution in [0.3, 0.4) is 0 Å². The summed E-state index contributed by atoms with van der Waals surface area (Å²) in [7, 11) is -4.02. The van der Waals surface area contributed by atoms with Crippen LogP contribution < -0.4 is 15.1 Å². The van der Waals surface area contributed by atoms with Crippen LogP contribution in [0.5, 0.6) is 5.75 Å². The Morgan fingerprint density at radius 1 is 0.973 bits per heavy atom. The molecule has 0 radical (unpaired) electrons. The number of nitrogens with one attached hydrogen (secondary N) is 1. The minimum Gasteiger partial charge on any atom is -0.425 e. The summed E-state index contributed by atoms with van der Waals surface area (Å²) >= 11 is 0. The minimum absolute atomic E-state index is 0.0528. The van der Waals surface area contributed by atoms with E-state index in [4.69, 9.17) is 9.15 Å². The summed E-state index contributed by atoms with van der Waals surface area (Å²) in [5.41, 5.74) is 2.96. The van der Waals surface area contributed by atoms with Crippen molar-refractivity contribution in [3.8, 4) is 5.75 Å². The van der Waals surface area contributed by atoms with Crippen molar-refractivity contribution in [3.05, 3.63) is 105 Å². The Kier molecular flexibility index (Phi) is 7.90. The number of esters is 1. The van der Waals surface area contributed by atoms with Gasteiger partial charge in [-0.25, -0.2) is 18.0 Å². The second-order valence-electron chi connectivity index (χ2n) is 9.07. The third-order valence-corrected chi connectivity index (χ3v) is 7.45. The predicted octanol–water partition coefficient (Wildman–Crippen LogP) is 4.86. The lowest BCUT2D eigenvalue weighted by atomic mass is 10.0. The number of hydrogen-bond donors (Lipinski definition) is 1. The number of aryl methyl sites for hydroxylation is 3. The van der Waals surface area contributed by atoms with E-state index < -0.39 is 27.7 Å². The van der Waals surface area contributed by atoms with E-state index in [0.717, 1.165) is 23.1 Å². The summed E-state index contributed by atoms with van der Waals surface area (Å²) in [6, 6.07) is 19.1. The zero-order valence-electron chi connectivity index (χ0n) is 21.0. The van der Waals surface area contributed by atoms with E-state index >= 15 is 0 Å². The van der Waals surface area contributed by atoms with Gasteiger partial charge in [-0.3, -0.25) is 0 Å². The average Bonchev–Trinajstić information content (AvgIpc) is 2.84. The van der Waals surface area contributed by atoms with Gasteiger partial charge in [-0.05, 0) is 67.6 Å². The molecule has 1 atom stereocenters. The van der Waals surface area contributed by atoms with Crippen molar-refractivity contribution in [1.29, 1.82) is 0 Å². The van der Waals surface area contributed by atoms with Crippen molar-refractivity contribution >= 4 is 27.0 Å². The first-order valence-electron chi connectivity index (χ1n) is 12.1. The first-order chi connectivity index (χ1) is 17.7. The minimum atomic E-state index is -4.02. The molecule has 0 fully saturated rings. The normalized spacial score (nSPS) is 12.4. The molecule has 0 saturated heterocycles. The van der Waals surface area contributed by atoms with E-state index in [1.165, 1.54) is 18.2 Å². The number of sulfonamides is 1. The van der Waals surface area contributed by atoms with Gasteiger partial charge in [0.15, 0.2) is 0 Å².